The standard InChI is InChI=1S/C19H38N2/c1-4-17(5-2)16-18(20-6-3)19(12-8-9-13-19)21-14-10-7-11-15-21/h17-18,20H,4-16H2,1-3H3. The maximum Gasteiger partial charge on any atom is 0.0362 e. The summed E-state index contributed by atoms with van der Waals surface area (Å²) in [6.07, 6.45) is 14.1. The fourth-order valence-electron chi connectivity index (χ4n) is 4.91. The lowest BCUT2D eigenvalue weighted by atomic mass is 9.79. The lowest BCUT2D eigenvalue weighted by molar-refractivity contribution is 0.0287. The maximum absolute atomic E-state index is 3.92. The minimum absolute atomic E-state index is 0.485. The summed E-state index contributed by atoms with van der Waals surface area (Å²) < 4.78 is 0. The summed E-state index contributed by atoms with van der Waals surface area (Å²) in [5, 5.41) is 3.92. The van der Waals surface area contributed by atoms with Gasteiger partial charge in [0.1, 0.15) is 0 Å². The largest absolute Gasteiger partial charge is 0.312 e. The lowest BCUT2D eigenvalue weighted by Gasteiger charge is -2.49. The van der Waals surface area contributed by atoms with Crippen LogP contribution in [0.25, 0.3) is 0 Å². The summed E-state index contributed by atoms with van der Waals surface area (Å²) in [5.74, 6) is 0.899. The zero-order valence-electron chi connectivity index (χ0n) is 14.8. The van der Waals surface area contributed by atoms with Gasteiger partial charge in [-0.15, -0.1) is 0 Å². The molecule has 2 heteroatoms. The van der Waals surface area contributed by atoms with Crippen LogP contribution >= 0.6 is 0 Å². The van der Waals surface area contributed by atoms with Crippen LogP contribution in [-0.4, -0.2) is 36.1 Å². The average Bonchev–Trinajstić information content (AvgIpc) is 3.03. The van der Waals surface area contributed by atoms with Gasteiger partial charge >= 0.3 is 0 Å². The second kappa shape index (κ2) is 8.53. The van der Waals surface area contributed by atoms with Crippen molar-refractivity contribution >= 4 is 0 Å². The normalized spacial score (nSPS) is 24.6. The number of hydrogen-bond donors (Lipinski definition) is 1. The van der Waals surface area contributed by atoms with Crippen LogP contribution in [-0.2, 0) is 0 Å². The average molecular weight is 295 g/mol. The molecule has 21 heavy (non-hydrogen) atoms. The molecule has 1 saturated heterocycles. The number of piperidine rings is 1. The summed E-state index contributed by atoms with van der Waals surface area (Å²) in [5.41, 5.74) is 0.485. The molecule has 0 aromatic heterocycles. The molecule has 1 atom stereocenters. The molecular formula is C19H38N2. The number of hydrogen-bond acceptors (Lipinski definition) is 2. The number of likely N-dealkylation sites (N-methyl/N-ethyl adjacent to an activating group) is 1. The second-order valence-electron chi connectivity index (χ2n) is 7.39. The molecule has 0 bridgehead atoms. The van der Waals surface area contributed by atoms with Crippen LogP contribution in [0, 0.1) is 5.92 Å². The molecule has 0 radical (unpaired) electrons. The van der Waals surface area contributed by atoms with Gasteiger partial charge < -0.3 is 5.32 Å². The smallest absolute Gasteiger partial charge is 0.0362 e. The molecule has 2 aliphatic rings. The van der Waals surface area contributed by atoms with Crippen molar-refractivity contribution in [3.05, 3.63) is 0 Å². The summed E-state index contributed by atoms with van der Waals surface area (Å²) in [7, 11) is 0. The van der Waals surface area contributed by atoms with E-state index in [2.05, 4.69) is 31.0 Å². The molecule has 2 fully saturated rings. The van der Waals surface area contributed by atoms with Gasteiger partial charge in [-0.2, -0.15) is 0 Å². The molecule has 1 heterocycles. The molecule has 0 aromatic carbocycles. The quantitative estimate of drug-likeness (QED) is 0.704. The van der Waals surface area contributed by atoms with Crippen LogP contribution in [0.2, 0.25) is 0 Å². The molecule has 1 N–H and O–H groups in total. The lowest BCUT2D eigenvalue weighted by Crippen LogP contribution is -2.61. The van der Waals surface area contributed by atoms with Gasteiger partial charge in [-0.3, -0.25) is 4.90 Å². The predicted octanol–water partition coefficient (Wildman–Crippen LogP) is 4.59. The molecule has 0 aromatic rings. The van der Waals surface area contributed by atoms with Gasteiger partial charge in [-0.25, -0.2) is 0 Å². The highest BCUT2D eigenvalue weighted by Crippen LogP contribution is 2.41. The first-order valence-corrected chi connectivity index (χ1v) is 9.75. The molecule has 1 aliphatic heterocycles. The van der Waals surface area contributed by atoms with E-state index in [1.54, 1.807) is 0 Å². The first-order chi connectivity index (χ1) is 10.3. The monoisotopic (exact) mass is 294 g/mol. The summed E-state index contributed by atoms with van der Waals surface area (Å²) in [4.78, 5) is 2.90. The van der Waals surface area contributed by atoms with Crippen molar-refractivity contribution in [3.63, 3.8) is 0 Å². The van der Waals surface area contributed by atoms with E-state index in [9.17, 15) is 0 Å². The van der Waals surface area contributed by atoms with Gasteiger partial charge in [0.25, 0.3) is 0 Å². The minimum atomic E-state index is 0.485. The predicted molar refractivity (Wildman–Crippen MR) is 92.8 cm³/mol. The Balaban J connectivity index is 2.14. The van der Waals surface area contributed by atoms with E-state index in [1.807, 2.05) is 0 Å². The van der Waals surface area contributed by atoms with Gasteiger partial charge in [-0.05, 0) is 57.7 Å². The topological polar surface area (TPSA) is 15.3 Å². The van der Waals surface area contributed by atoms with Crippen molar-refractivity contribution in [2.75, 3.05) is 19.6 Å². The summed E-state index contributed by atoms with van der Waals surface area (Å²) >= 11 is 0. The molecule has 1 unspecified atom stereocenters. The maximum atomic E-state index is 3.92. The van der Waals surface area contributed by atoms with Crippen LogP contribution in [0.4, 0.5) is 0 Å². The van der Waals surface area contributed by atoms with Crippen LogP contribution in [0.3, 0.4) is 0 Å². The second-order valence-corrected chi connectivity index (χ2v) is 7.39. The van der Waals surface area contributed by atoms with E-state index in [0.717, 1.165) is 12.5 Å². The molecule has 2 rings (SSSR count). The Hall–Kier alpha value is -0.0800. The molecule has 2 nitrogen and oxygen atoms in total. The zero-order chi connectivity index (χ0) is 15.1. The molecule has 1 saturated carbocycles. The third kappa shape index (κ3) is 4.01. The van der Waals surface area contributed by atoms with Gasteiger partial charge in [0.05, 0.1) is 0 Å². The van der Waals surface area contributed by atoms with E-state index >= 15 is 0 Å². The Labute approximate surface area is 133 Å². The van der Waals surface area contributed by atoms with Crippen LogP contribution in [0.15, 0.2) is 0 Å². The van der Waals surface area contributed by atoms with Gasteiger partial charge in [0.15, 0.2) is 0 Å². The van der Waals surface area contributed by atoms with E-state index in [4.69, 9.17) is 0 Å². The third-order valence-electron chi connectivity index (χ3n) is 6.28. The van der Waals surface area contributed by atoms with E-state index < -0.39 is 0 Å². The molecular weight excluding hydrogens is 256 g/mol. The number of nitrogens with zero attached hydrogens (tertiary/aromatic N) is 1. The van der Waals surface area contributed by atoms with Crippen molar-refractivity contribution in [3.8, 4) is 0 Å². The fourth-order valence-corrected chi connectivity index (χ4v) is 4.91. The van der Waals surface area contributed by atoms with Crippen molar-refractivity contribution in [1.29, 1.82) is 0 Å². The molecule has 0 spiro atoms. The van der Waals surface area contributed by atoms with Gasteiger partial charge in [0.2, 0.25) is 0 Å². The first kappa shape index (κ1) is 17.3. The van der Waals surface area contributed by atoms with E-state index in [-0.39, 0.29) is 0 Å². The molecule has 1 aliphatic carbocycles. The Morgan fingerprint density at radius 3 is 2.05 bits per heavy atom. The number of nitrogens with one attached hydrogen (secondary N) is 1. The Morgan fingerprint density at radius 1 is 0.905 bits per heavy atom. The highest BCUT2D eigenvalue weighted by molar-refractivity contribution is 5.04. The third-order valence-corrected chi connectivity index (χ3v) is 6.28. The highest BCUT2D eigenvalue weighted by atomic mass is 15.2. The van der Waals surface area contributed by atoms with Crippen LogP contribution < -0.4 is 5.32 Å². The Kier molecular flexibility index (Phi) is 7.01. The van der Waals surface area contributed by atoms with Crippen LogP contribution in [0.5, 0.6) is 0 Å². The van der Waals surface area contributed by atoms with Gasteiger partial charge in [-0.1, -0.05) is 52.9 Å². The minimum Gasteiger partial charge on any atom is -0.312 e. The zero-order valence-corrected chi connectivity index (χ0v) is 14.8. The molecule has 0 amide bonds. The van der Waals surface area contributed by atoms with Crippen molar-refractivity contribution < 1.29 is 0 Å². The summed E-state index contributed by atoms with van der Waals surface area (Å²) in [6.45, 7) is 10.9. The first-order valence-electron chi connectivity index (χ1n) is 9.75. The van der Waals surface area contributed by atoms with Gasteiger partial charge in [0, 0.05) is 11.6 Å². The van der Waals surface area contributed by atoms with Crippen LogP contribution in [0.1, 0.15) is 85.0 Å². The van der Waals surface area contributed by atoms with Crippen molar-refractivity contribution in [1.82, 2.24) is 10.2 Å². The van der Waals surface area contributed by atoms with E-state index in [0.29, 0.717) is 11.6 Å². The highest BCUT2D eigenvalue weighted by Gasteiger charge is 2.45. The Bertz CT molecular complexity index is 273. The SMILES string of the molecule is CCNC(CC(CC)CC)C1(N2CCCCC2)CCCC1. The van der Waals surface area contributed by atoms with Crippen molar-refractivity contribution in [2.24, 2.45) is 5.92 Å². The summed E-state index contributed by atoms with van der Waals surface area (Å²) in [6, 6.07) is 0.716. The van der Waals surface area contributed by atoms with Crippen molar-refractivity contribution in [2.45, 2.75) is 96.6 Å². The Morgan fingerprint density at radius 2 is 1.52 bits per heavy atom. The van der Waals surface area contributed by atoms with E-state index in [1.165, 1.54) is 77.3 Å². The fraction of sp³-hybridized carbons (Fsp3) is 1.00. The number of likely N-dealkylation sites (tertiary alicyclic amines) is 1. The number of rotatable bonds is 8. The molecule has 124 valence electrons.